The second kappa shape index (κ2) is 9.06. The fourth-order valence-corrected chi connectivity index (χ4v) is 4.54. The summed E-state index contributed by atoms with van der Waals surface area (Å²) in [5.74, 6) is -1.80. The molecule has 0 spiro atoms. The Morgan fingerprint density at radius 2 is 1.68 bits per heavy atom. The highest BCUT2D eigenvalue weighted by atomic mass is 32.2. The Morgan fingerprint density at radius 1 is 1.03 bits per heavy atom. The minimum Gasteiger partial charge on any atom is -0.452 e. The van der Waals surface area contributed by atoms with Crippen LogP contribution in [-0.2, 0) is 25.7 Å². The topological polar surface area (TPSA) is 92.8 Å². The first-order valence-electron chi connectivity index (χ1n) is 9.32. The van der Waals surface area contributed by atoms with E-state index in [-0.39, 0.29) is 16.1 Å². The molecule has 0 radical (unpaired) electrons. The summed E-state index contributed by atoms with van der Waals surface area (Å²) in [7, 11) is -3.58. The molecule has 1 saturated heterocycles. The minimum atomic E-state index is -4.61. The summed E-state index contributed by atoms with van der Waals surface area (Å²) in [4.78, 5) is 24.0. The molecule has 1 N–H and O–H groups in total. The predicted molar refractivity (Wildman–Crippen MR) is 105 cm³/mol. The van der Waals surface area contributed by atoms with Crippen molar-refractivity contribution in [3.63, 3.8) is 0 Å². The van der Waals surface area contributed by atoms with Crippen molar-refractivity contribution in [2.45, 2.75) is 23.9 Å². The van der Waals surface area contributed by atoms with Crippen LogP contribution in [0.2, 0.25) is 0 Å². The molecule has 0 aliphatic carbocycles. The van der Waals surface area contributed by atoms with E-state index in [4.69, 9.17) is 4.74 Å². The molecular formula is C20H19F3N2O5S. The molecule has 0 aromatic heterocycles. The number of hydrogen-bond donors (Lipinski definition) is 1. The molecule has 1 amide bonds. The number of rotatable bonds is 6. The van der Waals surface area contributed by atoms with E-state index in [9.17, 15) is 31.2 Å². The molecule has 31 heavy (non-hydrogen) atoms. The number of nitrogens with zero attached hydrogens (tertiary/aromatic N) is 1. The Bertz CT molecular complexity index is 1060. The van der Waals surface area contributed by atoms with Gasteiger partial charge in [-0.3, -0.25) is 4.79 Å². The standard InChI is InChI=1S/C20H19F3N2O5S/c21-20(22,23)15-5-3-4-14(12-15)19(27)30-13-18(26)24-16-6-8-17(9-7-16)31(28,29)25-10-1-2-11-25/h3-9,12H,1-2,10-11,13H2,(H,24,26). The number of carbonyl (C=O) groups is 2. The molecule has 11 heteroatoms. The van der Waals surface area contributed by atoms with Crippen molar-refractivity contribution >= 4 is 27.6 Å². The van der Waals surface area contributed by atoms with Gasteiger partial charge in [-0.25, -0.2) is 13.2 Å². The van der Waals surface area contributed by atoms with Crippen LogP contribution in [0.1, 0.15) is 28.8 Å². The van der Waals surface area contributed by atoms with Crippen molar-refractivity contribution in [2.75, 3.05) is 25.0 Å². The van der Waals surface area contributed by atoms with E-state index >= 15 is 0 Å². The van der Waals surface area contributed by atoms with Crippen LogP contribution < -0.4 is 5.32 Å². The molecule has 2 aromatic carbocycles. The molecule has 0 bridgehead atoms. The lowest BCUT2D eigenvalue weighted by Gasteiger charge is -2.15. The van der Waals surface area contributed by atoms with E-state index < -0.39 is 40.2 Å². The lowest BCUT2D eigenvalue weighted by atomic mass is 10.1. The van der Waals surface area contributed by atoms with Gasteiger partial charge in [0.15, 0.2) is 6.61 Å². The number of halogens is 3. The average molecular weight is 456 g/mol. The van der Waals surface area contributed by atoms with Crippen molar-refractivity contribution in [3.05, 3.63) is 59.7 Å². The van der Waals surface area contributed by atoms with Crippen LogP contribution in [0.4, 0.5) is 18.9 Å². The Labute approximate surface area is 176 Å². The molecule has 0 unspecified atom stereocenters. The predicted octanol–water partition coefficient (Wildman–Crippen LogP) is 3.29. The third-order valence-electron chi connectivity index (χ3n) is 4.60. The number of sulfonamides is 1. The number of nitrogens with one attached hydrogen (secondary N) is 1. The highest BCUT2D eigenvalue weighted by Crippen LogP contribution is 2.29. The quantitative estimate of drug-likeness (QED) is 0.674. The Kier molecular flexibility index (Phi) is 6.65. The van der Waals surface area contributed by atoms with E-state index in [0.717, 1.165) is 31.0 Å². The van der Waals surface area contributed by atoms with Crippen LogP contribution in [0, 0.1) is 0 Å². The summed E-state index contributed by atoms with van der Waals surface area (Å²) in [5, 5.41) is 2.43. The van der Waals surface area contributed by atoms with Gasteiger partial charge in [0.05, 0.1) is 16.0 Å². The van der Waals surface area contributed by atoms with Crippen LogP contribution in [0.5, 0.6) is 0 Å². The normalized spacial score (nSPS) is 14.9. The molecule has 7 nitrogen and oxygen atoms in total. The Hall–Kier alpha value is -2.92. The Morgan fingerprint density at radius 3 is 2.29 bits per heavy atom. The van der Waals surface area contributed by atoms with Crippen LogP contribution in [0.15, 0.2) is 53.4 Å². The second-order valence-corrected chi connectivity index (χ2v) is 8.78. The van der Waals surface area contributed by atoms with Crippen LogP contribution >= 0.6 is 0 Å². The molecule has 0 atom stereocenters. The maximum Gasteiger partial charge on any atom is 0.416 e. The summed E-state index contributed by atoms with van der Waals surface area (Å²) >= 11 is 0. The fourth-order valence-electron chi connectivity index (χ4n) is 3.02. The highest BCUT2D eigenvalue weighted by Gasteiger charge is 2.31. The van der Waals surface area contributed by atoms with E-state index in [1.807, 2.05) is 0 Å². The number of benzene rings is 2. The van der Waals surface area contributed by atoms with Gasteiger partial charge in [0.25, 0.3) is 5.91 Å². The number of anilines is 1. The monoisotopic (exact) mass is 456 g/mol. The molecule has 1 heterocycles. The molecule has 1 aliphatic rings. The maximum absolute atomic E-state index is 12.7. The van der Waals surface area contributed by atoms with E-state index in [0.29, 0.717) is 19.2 Å². The van der Waals surface area contributed by atoms with Gasteiger partial charge in [0.1, 0.15) is 0 Å². The maximum atomic E-state index is 12.7. The van der Waals surface area contributed by atoms with Gasteiger partial charge in [-0.2, -0.15) is 17.5 Å². The van der Waals surface area contributed by atoms with E-state index in [1.165, 1.54) is 28.6 Å². The fraction of sp³-hybridized carbons (Fsp3) is 0.300. The van der Waals surface area contributed by atoms with Crippen LogP contribution in [0.25, 0.3) is 0 Å². The van der Waals surface area contributed by atoms with Gasteiger partial charge in [0, 0.05) is 18.8 Å². The van der Waals surface area contributed by atoms with E-state index in [2.05, 4.69) is 5.32 Å². The zero-order valence-corrected chi connectivity index (χ0v) is 17.0. The zero-order valence-electron chi connectivity index (χ0n) is 16.2. The Balaban J connectivity index is 1.56. The molecule has 1 aliphatic heterocycles. The number of carbonyl (C=O) groups excluding carboxylic acids is 2. The summed E-state index contributed by atoms with van der Waals surface area (Å²) in [6.45, 7) is 0.221. The first kappa shape index (κ1) is 22.8. The molecule has 0 saturated carbocycles. The molecule has 2 aromatic rings. The van der Waals surface area contributed by atoms with Crippen molar-refractivity contribution in [1.82, 2.24) is 4.31 Å². The van der Waals surface area contributed by atoms with Gasteiger partial charge < -0.3 is 10.1 Å². The third kappa shape index (κ3) is 5.61. The average Bonchev–Trinajstić information content (AvgIpc) is 3.28. The molecule has 1 fully saturated rings. The van der Waals surface area contributed by atoms with Crippen molar-refractivity contribution in [2.24, 2.45) is 0 Å². The van der Waals surface area contributed by atoms with Gasteiger partial charge in [-0.05, 0) is 55.3 Å². The largest absolute Gasteiger partial charge is 0.452 e. The van der Waals surface area contributed by atoms with Crippen molar-refractivity contribution < 1.29 is 35.9 Å². The third-order valence-corrected chi connectivity index (χ3v) is 6.51. The summed E-state index contributed by atoms with van der Waals surface area (Å²) in [6.07, 6.45) is -2.98. The second-order valence-electron chi connectivity index (χ2n) is 6.84. The lowest BCUT2D eigenvalue weighted by molar-refractivity contribution is -0.137. The SMILES string of the molecule is O=C(COC(=O)c1cccc(C(F)(F)F)c1)Nc1ccc(S(=O)(=O)N2CCCC2)cc1. The highest BCUT2D eigenvalue weighted by molar-refractivity contribution is 7.89. The van der Waals surface area contributed by atoms with Crippen molar-refractivity contribution in [3.8, 4) is 0 Å². The number of esters is 1. The molecule has 166 valence electrons. The van der Waals surface area contributed by atoms with Gasteiger partial charge in [-0.1, -0.05) is 6.07 Å². The first-order chi connectivity index (χ1) is 14.6. The summed E-state index contributed by atoms with van der Waals surface area (Å²) in [5.41, 5.74) is -1.06. The summed E-state index contributed by atoms with van der Waals surface area (Å²) < 4.78 is 69.3. The van der Waals surface area contributed by atoms with E-state index in [1.54, 1.807) is 0 Å². The minimum absolute atomic E-state index is 0.100. The van der Waals surface area contributed by atoms with Crippen LogP contribution in [-0.4, -0.2) is 44.3 Å². The van der Waals surface area contributed by atoms with Crippen molar-refractivity contribution in [1.29, 1.82) is 0 Å². The smallest absolute Gasteiger partial charge is 0.416 e. The molecular weight excluding hydrogens is 437 g/mol. The molecule has 3 rings (SSSR count). The van der Waals surface area contributed by atoms with Gasteiger partial charge in [-0.15, -0.1) is 0 Å². The van der Waals surface area contributed by atoms with Gasteiger partial charge in [0.2, 0.25) is 10.0 Å². The van der Waals surface area contributed by atoms with Gasteiger partial charge >= 0.3 is 12.1 Å². The number of hydrogen-bond acceptors (Lipinski definition) is 5. The lowest BCUT2D eigenvalue weighted by Crippen LogP contribution is -2.27. The number of amides is 1. The number of ether oxygens (including phenoxy) is 1. The van der Waals surface area contributed by atoms with Crippen LogP contribution in [0.3, 0.4) is 0 Å². The summed E-state index contributed by atoms with van der Waals surface area (Å²) in [6, 6.07) is 9.18. The zero-order chi connectivity index (χ0) is 22.6. The first-order valence-corrected chi connectivity index (χ1v) is 10.8. The number of alkyl halides is 3.